The van der Waals surface area contributed by atoms with Gasteiger partial charge in [0.25, 0.3) is 0 Å². The maximum absolute atomic E-state index is 11.1. The van der Waals surface area contributed by atoms with Gasteiger partial charge < -0.3 is 4.74 Å². The van der Waals surface area contributed by atoms with Crippen molar-refractivity contribution in [3.63, 3.8) is 0 Å². The van der Waals surface area contributed by atoms with Crippen LogP contribution in [0.4, 0.5) is 0 Å². The van der Waals surface area contributed by atoms with Crippen LogP contribution in [0.3, 0.4) is 0 Å². The van der Waals surface area contributed by atoms with E-state index in [1.807, 2.05) is 6.08 Å². The number of epoxide rings is 1. The number of unbranched alkanes of at least 4 members (excludes halogenated alkanes) is 2. The van der Waals surface area contributed by atoms with Crippen molar-refractivity contribution in [2.24, 2.45) is 0 Å². The van der Waals surface area contributed by atoms with Crippen molar-refractivity contribution >= 4 is 5.78 Å². The number of hydrogen-bond acceptors (Lipinski definition) is 2. The van der Waals surface area contributed by atoms with E-state index in [9.17, 15) is 4.79 Å². The Labute approximate surface area is 73.6 Å². The van der Waals surface area contributed by atoms with Crippen LogP contribution in [0.1, 0.15) is 39.0 Å². The van der Waals surface area contributed by atoms with Gasteiger partial charge in [-0.15, -0.1) is 0 Å². The Morgan fingerprint density at radius 1 is 1.58 bits per heavy atom. The van der Waals surface area contributed by atoms with Crippen molar-refractivity contribution in [2.75, 3.05) is 6.61 Å². The summed E-state index contributed by atoms with van der Waals surface area (Å²) in [6.45, 7) is 2.88. The van der Waals surface area contributed by atoms with Crippen LogP contribution >= 0.6 is 0 Å². The number of carbonyl (C=O) groups is 1. The molecule has 0 spiro atoms. The highest BCUT2D eigenvalue weighted by Crippen LogP contribution is 2.15. The third kappa shape index (κ3) is 4.16. The summed E-state index contributed by atoms with van der Waals surface area (Å²) < 4.78 is 4.89. The maximum Gasteiger partial charge on any atom is 0.145 e. The van der Waals surface area contributed by atoms with Crippen LogP contribution in [0.5, 0.6) is 0 Å². The highest BCUT2D eigenvalue weighted by molar-refractivity contribution is 5.79. The molecule has 0 radical (unpaired) electrons. The van der Waals surface area contributed by atoms with Crippen LogP contribution in [-0.2, 0) is 9.53 Å². The van der Waals surface area contributed by atoms with E-state index >= 15 is 0 Å². The molecule has 0 saturated carbocycles. The number of allylic oxidation sites excluding steroid dienone is 1. The molecule has 0 atom stereocenters. The summed E-state index contributed by atoms with van der Waals surface area (Å²) in [7, 11) is 0. The standard InChI is InChI=1S/C10H16O2/c1-2-3-4-5-9(11)6-7-10-8-12-10/h7H,2-6,8H2,1H3. The molecule has 12 heavy (non-hydrogen) atoms. The van der Waals surface area contributed by atoms with Crippen molar-refractivity contribution in [3.8, 4) is 0 Å². The second-order valence-electron chi connectivity index (χ2n) is 3.16. The van der Waals surface area contributed by atoms with Gasteiger partial charge in [0.15, 0.2) is 0 Å². The fraction of sp³-hybridized carbons (Fsp3) is 0.700. The summed E-state index contributed by atoms with van der Waals surface area (Å²) in [5.74, 6) is 1.32. The molecule has 1 aliphatic rings. The molecule has 0 unspecified atom stereocenters. The molecule has 1 heterocycles. The molecule has 0 bridgehead atoms. The average molecular weight is 168 g/mol. The van der Waals surface area contributed by atoms with E-state index in [2.05, 4.69) is 6.92 Å². The molecular weight excluding hydrogens is 152 g/mol. The topological polar surface area (TPSA) is 29.6 Å². The van der Waals surface area contributed by atoms with Crippen molar-refractivity contribution in [2.45, 2.75) is 39.0 Å². The number of carbonyl (C=O) groups excluding carboxylic acids is 1. The normalized spacial score (nSPS) is 17.6. The first kappa shape index (κ1) is 9.30. The minimum atomic E-state index is 0.339. The van der Waals surface area contributed by atoms with E-state index in [0.29, 0.717) is 12.2 Å². The number of Topliss-reactive ketones (excluding diaryl/α,β-unsaturated/α-hetero) is 1. The van der Waals surface area contributed by atoms with E-state index in [0.717, 1.165) is 25.2 Å². The molecule has 0 aliphatic carbocycles. The van der Waals surface area contributed by atoms with Gasteiger partial charge in [0.05, 0.1) is 0 Å². The Morgan fingerprint density at radius 2 is 2.33 bits per heavy atom. The lowest BCUT2D eigenvalue weighted by Gasteiger charge is -1.94. The summed E-state index contributed by atoms with van der Waals surface area (Å²) in [6, 6.07) is 0. The van der Waals surface area contributed by atoms with Gasteiger partial charge in [0, 0.05) is 12.8 Å². The summed E-state index contributed by atoms with van der Waals surface area (Å²) in [5.41, 5.74) is 0. The molecule has 1 fully saturated rings. The SMILES string of the molecule is CCCCCC(=O)CC=C1CO1. The van der Waals surface area contributed by atoms with Crippen LogP contribution in [0, 0.1) is 0 Å². The Kier molecular flexibility index (Phi) is 3.85. The van der Waals surface area contributed by atoms with Crippen LogP contribution in [0.25, 0.3) is 0 Å². The zero-order valence-corrected chi connectivity index (χ0v) is 7.64. The number of ketones is 1. The van der Waals surface area contributed by atoms with E-state index in [4.69, 9.17) is 4.74 Å². The van der Waals surface area contributed by atoms with Gasteiger partial charge in [-0.25, -0.2) is 0 Å². The van der Waals surface area contributed by atoms with Crippen molar-refractivity contribution in [3.05, 3.63) is 11.8 Å². The fourth-order valence-corrected chi connectivity index (χ4v) is 1.06. The maximum atomic E-state index is 11.1. The van der Waals surface area contributed by atoms with Crippen LogP contribution in [0.2, 0.25) is 0 Å². The molecule has 0 aromatic carbocycles. The van der Waals surface area contributed by atoms with E-state index < -0.39 is 0 Å². The lowest BCUT2D eigenvalue weighted by Crippen LogP contribution is -1.94. The fourth-order valence-electron chi connectivity index (χ4n) is 1.06. The van der Waals surface area contributed by atoms with E-state index in [1.165, 1.54) is 12.8 Å². The zero-order chi connectivity index (χ0) is 8.81. The van der Waals surface area contributed by atoms with Crippen molar-refractivity contribution < 1.29 is 9.53 Å². The highest BCUT2D eigenvalue weighted by Gasteiger charge is 2.12. The molecule has 1 rings (SSSR count). The van der Waals surface area contributed by atoms with Gasteiger partial charge in [-0.05, 0) is 12.5 Å². The lowest BCUT2D eigenvalue weighted by molar-refractivity contribution is -0.118. The van der Waals surface area contributed by atoms with Gasteiger partial charge in [-0.1, -0.05) is 19.8 Å². The summed E-state index contributed by atoms with van der Waals surface area (Å²) in [4.78, 5) is 11.1. The molecule has 0 amide bonds. The van der Waals surface area contributed by atoms with E-state index in [-0.39, 0.29) is 0 Å². The molecule has 68 valence electrons. The Morgan fingerprint density at radius 3 is 2.92 bits per heavy atom. The minimum absolute atomic E-state index is 0.339. The van der Waals surface area contributed by atoms with Crippen LogP contribution in [0.15, 0.2) is 11.8 Å². The number of ether oxygens (including phenoxy) is 1. The van der Waals surface area contributed by atoms with Crippen LogP contribution in [-0.4, -0.2) is 12.4 Å². The number of rotatable bonds is 6. The quantitative estimate of drug-likeness (QED) is 0.450. The molecule has 2 heteroatoms. The second-order valence-corrected chi connectivity index (χ2v) is 3.16. The summed E-state index contributed by atoms with van der Waals surface area (Å²) in [6.07, 6.45) is 6.58. The molecule has 2 nitrogen and oxygen atoms in total. The van der Waals surface area contributed by atoms with Gasteiger partial charge in [-0.2, -0.15) is 0 Å². The molecule has 1 aliphatic heterocycles. The Balaban J connectivity index is 1.99. The molecule has 1 saturated heterocycles. The minimum Gasteiger partial charge on any atom is -0.487 e. The smallest absolute Gasteiger partial charge is 0.145 e. The largest absolute Gasteiger partial charge is 0.487 e. The predicted octanol–water partition coefficient (Wildman–Crippen LogP) is 2.44. The average Bonchev–Trinajstić information content (AvgIpc) is 2.84. The Bertz CT molecular complexity index is 176. The predicted molar refractivity (Wildman–Crippen MR) is 47.8 cm³/mol. The molecule has 0 aromatic heterocycles. The molecule has 0 N–H and O–H groups in total. The first-order valence-corrected chi connectivity index (χ1v) is 4.66. The number of hydrogen-bond donors (Lipinski definition) is 0. The van der Waals surface area contributed by atoms with Crippen molar-refractivity contribution in [1.82, 2.24) is 0 Å². The molecule has 0 aromatic rings. The monoisotopic (exact) mass is 168 g/mol. The summed E-state index contributed by atoms with van der Waals surface area (Å²) in [5, 5.41) is 0. The highest BCUT2D eigenvalue weighted by atomic mass is 16.6. The molecular formula is C10H16O2. The van der Waals surface area contributed by atoms with Gasteiger partial charge in [0.2, 0.25) is 0 Å². The Hall–Kier alpha value is -0.790. The zero-order valence-electron chi connectivity index (χ0n) is 7.64. The van der Waals surface area contributed by atoms with Crippen molar-refractivity contribution in [1.29, 1.82) is 0 Å². The van der Waals surface area contributed by atoms with Crippen LogP contribution < -0.4 is 0 Å². The third-order valence-corrected chi connectivity index (χ3v) is 1.93. The lowest BCUT2D eigenvalue weighted by atomic mass is 10.1. The van der Waals surface area contributed by atoms with E-state index in [1.54, 1.807) is 0 Å². The first-order chi connectivity index (χ1) is 5.83. The third-order valence-electron chi connectivity index (χ3n) is 1.93. The first-order valence-electron chi connectivity index (χ1n) is 4.66. The van der Waals surface area contributed by atoms with Gasteiger partial charge in [-0.3, -0.25) is 4.79 Å². The summed E-state index contributed by atoms with van der Waals surface area (Å²) >= 11 is 0. The second kappa shape index (κ2) is 4.96. The van der Waals surface area contributed by atoms with Gasteiger partial charge >= 0.3 is 0 Å². The van der Waals surface area contributed by atoms with Gasteiger partial charge in [0.1, 0.15) is 18.1 Å².